The molecule has 2 aromatic rings. The van der Waals surface area contributed by atoms with Gasteiger partial charge >= 0.3 is 12.1 Å². The zero-order valence-electron chi connectivity index (χ0n) is 34.0. The molecule has 306 valence electrons. The summed E-state index contributed by atoms with van der Waals surface area (Å²) in [7, 11) is 5.39. The second kappa shape index (κ2) is 17.9. The first kappa shape index (κ1) is 42.8. The van der Waals surface area contributed by atoms with Crippen molar-refractivity contribution in [3.8, 4) is 0 Å². The number of esters is 1. The van der Waals surface area contributed by atoms with Crippen molar-refractivity contribution in [2.75, 3.05) is 34.3 Å². The Bertz CT molecular complexity index is 1650. The molecule has 15 heteroatoms. The number of carbonyl (C=O) groups excluding carboxylic acids is 3. The number of Topliss-reactive ketones (excluding diaryl/α,β-unsaturated/α-hetero) is 1. The maximum Gasteiger partial charge on any atom is 0.408 e. The molecule has 4 N–H and O–H groups in total. The highest BCUT2D eigenvalue weighted by Crippen LogP contribution is 2.37. The first-order valence-corrected chi connectivity index (χ1v) is 19.6. The molecule has 0 radical (unpaired) electrons. The number of benzene rings is 1. The Hall–Kier alpha value is -3.31. The van der Waals surface area contributed by atoms with Gasteiger partial charge < -0.3 is 49.6 Å². The number of ether oxygens (including phenoxy) is 5. The number of aliphatic hydroxyl groups excluding tert-OH is 1. The monoisotopic (exact) mass is 770 g/mol. The van der Waals surface area contributed by atoms with Gasteiger partial charge in [-0.2, -0.15) is 0 Å². The molecular weight excluding hydrogens is 708 g/mol. The Morgan fingerprint density at radius 2 is 1.78 bits per heavy atom. The zero-order valence-corrected chi connectivity index (χ0v) is 34.0. The van der Waals surface area contributed by atoms with Crippen molar-refractivity contribution in [2.45, 2.75) is 134 Å². The number of cyclic esters (lactones) is 1. The smallest absolute Gasteiger partial charge is 0.408 e. The van der Waals surface area contributed by atoms with Gasteiger partial charge in [0.1, 0.15) is 18.1 Å². The number of alkyl carbamates (subject to hydrolysis) is 1. The molecule has 5 rings (SSSR count). The van der Waals surface area contributed by atoms with Crippen LogP contribution in [0.5, 0.6) is 0 Å². The number of nitrogens with zero attached hydrogens (tertiary/aromatic N) is 3. The number of fused-ring (bicyclic) bond motifs is 2. The summed E-state index contributed by atoms with van der Waals surface area (Å²) < 4.78 is 31.3. The lowest BCUT2D eigenvalue weighted by atomic mass is 9.78. The summed E-state index contributed by atoms with van der Waals surface area (Å²) in [5.74, 6) is -3.18. The third kappa shape index (κ3) is 9.46. The van der Waals surface area contributed by atoms with E-state index < -0.39 is 71.5 Å². The lowest BCUT2D eigenvalue weighted by Gasteiger charge is -2.47. The number of ketones is 1. The van der Waals surface area contributed by atoms with Crippen molar-refractivity contribution >= 4 is 28.9 Å². The van der Waals surface area contributed by atoms with E-state index in [4.69, 9.17) is 23.7 Å². The molecular formula is C40H62N6O9. The normalized spacial score (nSPS) is 38.1. The molecule has 3 saturated heterocycles. The minimum absolute atomic E-state index is 0.00255. The van der Waals surface area contributed by atoms with Crippen LogP contribution in [-0.4, -0.2) is 132 Å². The fourth-order valence-corrected chi connectivity index (χ4v) is 8.65. The van der Waals surface area contributed by atoms with E-state index in [0.717, 1.165) is 16.6 Å². The van der Waals surface area contributed by atoms with Crippen molar-refractivity contribution < 1.29 is 43.2 Å². The van der Waals surface area contributed by atoms with Gasteiger partial charge in [-0.25, -0.2) is 4.79 Å². The topological polar surface area (TPSA) is 183 Å². The Kier molecular flexibility index (Phi) is 13.9. The SMILES string of the molecule is CC[C@H]1OC(=O)C(C)C(=O)[C@H](C)[C@@H](O[C@@H]2OC(CNCc3ccc4nccnc4c3)CC(N(C)C)C2O)[C@](C)(OC)C[C@@H](C)CN[C@H](C)[C@H]2NC(=O)O[C@@]21C. The first-order chi connectivity index (χ1) is 26.0. The number of hydrogen-bond donors (Lipinski definition) is 4. The van der Waals surface area contributed by atoms with Gasteiger partial charge in [0.2, 0.25) is 0 Å². The van der Waals surface area contributed by atoms with Gasteiger partial charge in [0.05, 0.1) is 34.9 Å². The highest BCUT2D eigenvalue weighted by atomic mass is 16.7. The minimum Gasteiger partial charge on any atom is -0.458 e. The van der Waals surface area contributed by atoms with E-state index in [1.165, 1.54) is 6.92 Å². The highest BCUT2D eigenvalue weighted by molar-refractivity contribution is 6.00. The molecule has 55 heavy (non-hydrogen) atoms. The summed E-state index contributed by atoms with van der Waals surface area (Å²) in [4.78, 5) is 51.4. The molecule has 1 amide bonds. The zero-order chi connectivity index (χ0) is 40.2. The molecule has 1 aromatic carbocycles. The van der Waals surface area contributed by atoms with Crippen LogP contribution >= 0.6 is 0 Å². The maximum atomic E-state index is 14.3. The number of hydrogen-bond acceptors (Lipinski definition) is 14. The van der Waals surface area contributed by atoms with Crippen LogP contribution in [0.1, 0.15) is 73.3 Å². The predicted molar refractivity (Wildman–Crippen MR) is 205 cm³/mol. The third-order valence-electron chi connectivity index (χ3n) is 11.9. The van der Waals surface area contributed by atoms with Crippen LogP contribution in [0.15, 0.2) is 30.6 Å². The van der Waals surface area contributed by atoms with Crippen molar-refractivity contribution in [3.63, 3.8) is 0 Å². The van der Waals surface area contributed by atoms with Gasteiger partial charge in [0, 0.05) is 50.6 Å². The average molecular weight is 771 g/mol. The minimum atomic E-state index is -1.18. The van der Waals surface area contributed by atoms with E-state index in [-0.39, 0.29) is 24.1 Å². The quantitative estimate of drug-likeness (QED) is 0.216. The molecule has 0 bridgehead atoms. The summed E-state index contributed by atoms with van der Waals surface area (Å²) >= 11 is 0. The van der Waals surface area contributed by atoms with E-state index in [1.54, 1.807) is 33.4 Å². The molecule has 4 unspecified atom stereocenters. The Morgan fingerprint density at radius 1 is 1.07 bits per heavy atom. The molecule has 15 nitrogen and oxygen atoms in total. The number of nitrogens with one attached hydrogen (secondary N) is 3. The number of methoxy groups -OCH3 is 1. The third-order valence-corrected chi connectivity index (χ3v) is 11.9. The van der Waals surface area contributed by atoms with Crippen molar-refractivity contribution in [3.05, 3.63) is 36.2 Å². The van der Waals surface area contributed by atoms with Gasteiger partial charge in [0.25, 0.3) is 0 Å². The number of rotatable bonds is 9. The van der Waals surface area contributed by atoms with Gasteiger partial charge in [-0.1, -0.05) is 26.8 Å². The summed E-state index contributed by atoms with van der Waals surface area (Å²) in [5, 5.41) is 21.7. The fraction of sp³-hybridized carbons (Fsp3) is 0.725. The molecule has 1 aromatic heterocycles. The number of amides is 1. The number of aromatic nitrogens is 2. The summed E-state index contributed by atoms with van der Waals surface area (Å²) in [6.07, 6.45) is -0.134. The number of aliphatic hydroxyl groups is 1. The predicted octanol–water partition coefficient (Wildman–Crippen LogP) is 2.96. The number of carbonyl (C=O) groups is 3. The van der Waals surface area contributed by atoms with Crippen LogP contribution in [0.4, 0.5) is 4.79 Å². The molecule has 3 fully saturated rings. The summed E-state index contributed by atoms with van der Waals surface area (Å²) in [5.41, 5.74) is 0.451. The Morgan fingerprint density at radius 3 is 2.45 bits per heavy atom. The van der Waals surface area contributed by atoms with Crippen molar-refractivity contribution in [1.29, 1.82) is 0 Å². The largest absolute Gasteiger partial charge is 0.458 e. The highest BCUT2D eigenvalue weighted by Gasteiger charge is 2.55. The molecule has 4 heterocycles. The van der Waals surface area contributed by atoms with Gasteiger partial charge in [-0.05, 0) is 91.2 Å². The van der Waals surface area contributed by atoms with Crippen LogP contribution in [0.25, 0.3) is 11.0 Å². The van der Waals surface area contributed by atoms with Crippen molar-refractivity contribution in [2.24, 2.45) is 17.8 Å². The molecule has 0 aliphatic carbocycles. The van der Waals surface area contributed by atoms with E-state index >= 15 is 0 Å². The van der Waals surface area contributed by atoms with Gasteiger partial charge in [0.15, 0.2) is 17.7 Å². The van der Waals surface area contributed by atoms with Crippen LogP contribution in [0, 0.1) is 17.8 Å². The van der Waals surface area contributed by atoms with Crippen LogP contribution < -0.4 is 16.0 Å². The summed E-state index contributed by atoms with van der Waals surface area (Å²) in [6, 6.07) is 4.88. The Balaban J connectivity index is 1.40. The van der Waals surface area contributed by atoms with Crippen LogP contribution in [0.2, 0.25) is 0 Å². The van der Waals surface area contributed by atoms with E-state index in [2.05, 4.69) is 32.8 Å². The van der Waals surface area contributed by atoms with Crippen molar-refractivity contribution in [1.82, 2.24) is 30.8 Å². The van der Waals surface area contributed by atoms with E-state index in [9.17, 15) is 19.5 Å². The average Bonchev–Trinajstić information content (AvgIpc) is 3.48. The standard InChI is InChI=1S/C40H62N6O9/c1-11-31-40(7)34(45-38(50)55-40)25(5)44-19-22(2)18-39(6,51-10)35(23(3)32(47)24(4)36(49)53-31)54-37-33(48)30(46(8)9)17-27(52-37)21-41-20-26-12-13-28-29(16-26)43-15-14-42-28/h12-16,22-25,27,30-31,33-35,37,41,44,48H,11,17-21H2,1-10H3,(H,45,50)/t22-,23+,24?,25-,27?,30?,31-,33?,34-,35-,37+,39-,40-/m1/s1. The lowest BCUT2D eigenvalue weighted by molar-refractivity contribution is -0.297. The molecule has 3 aliphatic heterocycles. The molecule has 0 spiro atoms. The maximum absolute atomic E-state index is 14.3. The molecule has 13 atom stereocenters. The molecule has 3 aliphatic rings. The summed E-state index contributed by atoms with van der Waals surface area (Å²) in [6.45, 7) is 14.4. The van der Waals surface area contributed by atoms with Gasteiger partial charge in [-0.15, -0.1) is 0 Å². The fourth-order valence-electron chi connectivity index (χ4n) is 8.65. The lowest BCUT2D eigenvalue weighted by Crippen LogP contribution is -2.60. The number of likely N-dealkylation sites (N-methyl/N-ethyl adjacent to an activating group) is 1. The second-order valence-corrected chi connectivity index (χ2v) is 16.4. The molecule has 0 saturated carbocycles. The van der Waals surface area contributed by atoms with Crippen LogP contribution in [0.3, 0.4) is 0 Å². The van der Waals surface area contributed by atoms with E-state index in [1.807, 2.05) is 58.0 Å². The second-order valence-electron chi connectivity index (χ2n) is 16.4. The Labute approximate surface area is 324 Å². The van der Waals surface area contributed by atoms with Crippen LogP contribution in [-0.2, 0) is 39.8 Å². The van der Waals surface area contributed by atoms with Gasteiger partial charge in [-0.3, -0.25) is 19.6 Å². The van der Waals surface area contributed by atoms with E-state index in [0.29, 0.717) is 38.9 Å². The first-order valence-electron chi connectivity index (χ1n) is 19.6.